The Balaban J connectivity index is 3.37. The molecular weight excluding hydrogens is 256 g/mol. The molecule has 0 radical (unpaired) electrons. The molecule has 1 aromatic carbocycles. The third-order valence-corrected chi connectivity index (χ3v) is 2.56. The first-order chi connectivity index (χ1) is 8.10. The zero-order valence-corrected chi connectivity index (χ0v) is 9.08. The summed E-state index contributed by atoms with van der Waals surface area (Å²) in [6, 6.07) is 3.26. The van der Waals surface area contributed by atoms with Crippen molar-refractivity contribution in [2.24, 2.45) is 0 Å². The lowest BCUT2D eigenvalue weighted by atomic mass is 9.78. The molecule has 0 aliphatic heterocycles. The van der Waals surface area contributed by atoms with Gasteiger partial charge in [0, 0.05) is 0 Å². The van der Waals surface area contributed by atoms with Gasteiger partial charge >= 0.3 is 12.1 Å². The zero-order valence-electron chi connectivity index (χ0n) is 9.08. The van der Waals surface area contributed by atoms with E-state index in [4.69, 9.17) is 5.11 Å². The molecular formula is C11H8F4O3. The number of aliphatic carboxylic acids is 1. The molecule has 0 aliphatic rings. The summed E-state index contributed by atoms with van der Waals surface area (Å²) in [5.74, 6) is -5.10. The number of carboxylic acids is 1. The van der Waals surface area contributed by atoms with Gasteiger partial charge in [-0.15, -0.1) is 0 Å². The van der Waals surface area contributed by atoms with Crippen molar-refractivity contribution in [3.63, 3.8) is 0 Å². The highest BCUT2D eigenvalue weighted by Gasteiger charge is 2.55. The summed E-state index contributed by atoms with van der Waals surface area (Å²) in [6.07, 6.45) is -5.29. The molecule has 1 rings (SSSR count). The van der Waals surface area contributed by atoms with Crippen molar-refractivity contribution < 1.29 is 32.3 Å². The van der Waals surface area contributed by atoms with Crippen LogP contribution in [-0.4, -0.2) is 23.0 Å². The maximum atomic E-state index is 12.7. The lowest BCUT2D eigenvalue weighted by Crippen LogP contribution is -2.48. The van der Waals surface area contributed by atoms with E-state index in [0.29, 0.717) is 6.92 Å². The summed E-state index contributed by atoms with van der Waals surface area (Å²) in [7, 11) is 0. The van der Waals surface area contributed by atoms with Crippen LogP contribution in [0.15, 0.2) is 24.3 Å². The summed E-state index contributed by atoms with van der Waals surface area (Å²) in [5, 5.41) is 8.87. The Hall–Kier alpha value is -1.92. The van der Waals surface area contributed by atoms with E-state index < -0.39 is 34.7 Å². The first kappa shape index (κ1) is 14.1. The molecule has 0 saturated carbocycles. The number of carboxylic acid groups (broad SMARTS) is 1. The van der Waals surface area contributed by atoms with Crippen LogP contribution in [0.4, 0.5) is 17.6 Å². The lowest BCUT2D eigenvalue weighted by molar-refractivity contribution is -0.181. The Kier molecular flexibility index (Phi) is 3.45. The highest BCUT2D eigenvalue weighted by Crippen LogP contribution is 2.33. The minimum atomic E-state index is -5.29. The number of ketones is 1. The van der Waals surface area contributed by atoms with Gasteiger partial charge in [0.15, 0.2) is 5.41 Å². The van der Waals surface area contributed by atoms with Crippen LogP contribution in [0.25, 0.3) is 0 Å². The van der Waals surface area contributed by atoms with E-state index in [1.54, 1.807) is 0 Å². The first-order valence-corrected chi connectivity index (χ1v) is 4.71. The van der Waals surface area contributed by atoms with E-state index in [1.165, 1.54) is 0 Å². The van der Waals surface area contributed by atoms with Crippen LogP contribution in [0.3, 0.4) is 0 Å². The molecule has 0 fully saturated rings. The molecule has 1 atom stereocenters. The standard InChI is InChI=1S/C11H8F4O3/c1-10(9(17)18,8(16)11(13,14)15)6-2-4-7(12)5-3-6/h2-5H,1H3,(H,17,18). The SMILES string of the molecule is CC(C(=O)O)(C(=O)C(F)(F)F)c1ccc(F)cc1. The predicted molar refractivity (Wildman–Crippen MR) is 52.4 cm³/mol. The van der Waals surface area contributed by atoms with Crippen molar-refractivity contribution in [2.45, 2.75) is 18.5 Å². The molecule has 0 aliphatic carbocycles. The second-order valence-corrected chi connectivity index (χ2v) is 3.76. The number of Topliss-reactive ketones (excluding diaryl/α,β-unsaturated/α-hetero) is 1. The van der Waals surface area contributed by atoms with Crippen LogP contribution in [0.5, 0.6) is 0 Å². The average Bonchev–Trinajstić information content (AvgIpc) is 2.26. The van der Waals surface area contributed by atoms with Crippen molar-refractivity contribution >= 4 is 11.8 Å². The lowest BCUT2D eigenvalue weighted by Gasteiger charge is -2.24. The van der Waals surface area contributed by atoms with E-state index in [0.717, 1.165) is 24.3 Å². The van der Waals surface area contributed by atoms with E-state index in [2.05, 4.69) is 0 Å². The zero-order chi connectivity index (χ0) is 14.1. The number of halogens is 4. The molecule has 98 valence electrons. The molecule has 1 unspecified atom stereocenters. The van der Waals surface area contributed by atoms with Gasteiger partial charge in [-0.1, -0.05) is 12.1 Å². The van der Waals surface area contributed by atoms with Crippen molar-refractivity contribution in [1.82, 2.24) is 0 Å². The van der Waals surface area contributed by atoms with Crippen LogP contribution in [0, 0.1) is 5.82 Å². The minimum Gasteiger partial charge on any atom is -0.480 e. The first-order valence-electron chi connectivity index (χ1n) is 4.71. The van der Waals surface area contributed by atoms with Crippen molar-refractivity contribution in [3.05, 3.63) is 35.6 Å². The summed E-state index contributed by atoms with van der Waals surface area (Å²) < 4.78 is 49.8. The summed E-state index contributed by atoms with van der Waals surface area (Å²) in [5.41, 5.74) is -3.22. The van der Waals surface area contributed by atoms with Gasteiger partial charge in [0.1, 0.15) is 5.82 Å². The van der Waals surface area contributed by atoms with Crippen LogP contribution < -0.4 is 0 Å². The number of rotatable bonds is 3. The van der Waals surface area contributed by atoms with Crippen molar-refractivity contribution in [3.8, 4) is 0 Å². The number of hydrogen-bond donors (Lipinski definition) is 1. The maximum absolute atomic E-state index is 12.7. The number of alkyl halides is 3. The summed E-state index contributed by atoms with van der Waals surface area (Å²) >= 11 is 0. The Labute approximate surface area is 99.0 Å². The molecule has 1 aromatic rings. The van der Waals surface area contributed by atoms with Gasteiger partial charge in [0.05, 0.1) is 0 Å². The number of hydrogen-bond acceptors (Lipinski definition) is 2. The quantitative estimate of drug-likeness (QED) is 0.673. The Bertz CT molecular complexity index is 478. The summed E-state index contributed by atoms with van der Waals surface area (Å²) in [6.45, 7) is 0.637. The third-order valence-electron chi connectivity index (χ3n) is 2.56. The number of benzene rings is 1. The Morgan fingerprint density at radius 1 is 1.11 bits per heavy atom. The third kappa shape index (κ3) is 2.34. The highest BCUT2D eigenvalue weighted by atomic mass is 19.4. The molecule has 0 bridgehead atoms. The molecule has 0 spiro atoms. The molecule has 1 N–H and O–H groups in total. The molecule has 18 heavy (non-hydrogen) atoms. The minimum absolute atomic E-state index is 0.432. The normalized spacial score (nSPS) is 14.9. The van der Waals surface area contributed by atoms with Crippen LogP contribution in [-0.2, 0) is 15.0 Å². The van der Waals surface area contributed by atoms with Gasteiger partial charge in [0.2, 0.25) is 0 Å². The molecule has 7 heteroatoms. The average molecular weight is 264 g/mol. The van der Waals surface area contributed by atoms with E-state index >= 15 is 0 Å². The topological polar surface area (TPSA) is 54.4 Å². The number of carbonyl (C=O) groups excluding carboxylic acids is 1. The van der Waals surface area contributed by atoms with Gasteiger partial charge in [-0.25, -0.2) is 4.39 Å². The maximum Gasteiger partial charge on any atom is 0.451 e. The Morgan fingerprint density at radius 3 is 1.89 bits per heavy atom. The molecule has 0 aromatic heterocycles. The van der Waals surface area contributed by atoms with Crippen LogP contribution in [0.1, 0.15) is 12.5 Å². The molecule has 3 nitrogen and oxygen atoms in total. The molecule has 0 saturated heterocycles. The van der Waals surface area contributed by atoms with Gasteiger partial charge in [0.25, 0.3) is 5.78 Å². The van der Waals surface area contributed by atoms with E-state index in [9.17, 15) is 27.2 Å². The number of carbonyl (C=O) groups is 2. The molecule has 0 amide bonds. The Morgan fingerprint density at radius 2 is 1.56 bits per heavy atom. The van der Waals surface area contributed by atoms with E-state index in [1.807, 2.05) is 0 Å². The van der Waals surface area contributed by atoms with Gasteiger partial charge < -0.3 is 5.11 Å². The van der Waals surface area contributed by atoms with E-state index in [-0.39, 0.29) is 0 Å². The van der Waals surface area contributed by atoms with Crippen molar-refractivity contribution in [1.29, 1.82) is 0 Å². The summed E-state index contributed by atoms with van der Waals surface area (Å²) in [4.78, 5) is 22.2. The predicted octanol–water partition coefficient (Wildman–Crippen LogP) is 2.30. The second kappa shape index (κ2) is 4.40. The van der Waals surface area contributed by atoms with Crippen LogP contribution >= 0.6 is 0 Å². The smallest absolute Gasteiger partial charge is 0.451 e. The molecule has 0 heterocycles. The fourth-order valence-electron chi connectivity index (χ4n) is 1.42. The van der Waals surface area contributed by atoms with Gasteiger partial charge in [-0.3, -0.25) is 9.59 Å². The van der Waals surface area contributed by atoms with Crippen molar-refractivity contribution in [2.75, 3.05) is 0 Å². The highest BCUT2D eigenvalue weighted by molar-refractivity contribution is 6.10. The van der Waals surface area contributed by atoms with Gasteiger partial charge in [-0.2, -0.15) is 13.2 Å². The fourth-order valence-corrected chi connectivity index (χ4v) is 1.42. The van der Waals surface area contributed by atoms with Gasteiger partial charge in [-0.05, 0) is 24.6 Å². The fraction of sp³-hybridized carbons (Fsp3) is 0.273. The van der Waals surface area contributed by atoms with Crippen LogP contribution in [0.2, 0.25) is 0 Å². The monoisotopic (exact) mass is 264 g/mol. The largest absolute Gasteiger partial charge is 0.480 e. The second-order valence-electron chi connectivity index (χ2n) is 3.76.